The summed E-state index contributed by atoms with van der Waals surface area (Å²) >= 11 is 0. The number of rotatable bonds is 4. The maximum atomic E-state index is 12.0. The van der Waals surface area contributed by atoms with Gasteiger partial charge in [0.1, 0.15) is 21.3 Å². The van der Waals surface area contributed by atoms with Crippen molar-refractivity contribution in [3.05, 3.63) is 47.0 Å². The molecule has 0 unspecified atom stereocenters. The Kier molecular flexibility index (Phi) is 5.73. The predicted octanol–water partition coefficient (Wildman–Crippen LogP) is 3.59. The summed E-state index contributed by atoms with van der Waals surface area (Å²) in [6.07, 6.45) is 2.05. The molecule has 0 atom stereocenters. The first-order valence-electron chi connectivity index (χ1n) is 10.2. The summed E-state index contributed by atoms with van der Waals surface area (Å²) in [6.45, 7) is 3.09. The molecular weight excluding hydrogens is 404 g/mol. The summed E-state index contributed by atoms with van der Waals surface area (Å²) in [4.78, 5) is 12.0. The van der Waals surface area contributed by atoms with Crippen LogP contribution in [0, 0.1) is 12.8 Å². The standard InChI is InChI=1S/C23H26O6S/c1-15-11-19(29-14-16-6-9-30(25,26)10-7-16)12-17-5-8-28-21-4-3-18(23(24)27-2)13-20(21)22(15)17/h3-4,11-13,16H,5-10,14H2,1-2H3. The van der Waals surface area contributed by atoms with Gasteiger partial charge in [0.15, 0.2) is 0 Å². The Balaban J connectivity index is 1.59. The monoisotopic (exact) mass is 430 g/mol. The van der Waals surface area contributed by atoms with Gasteiger partial charge in [-0.2, -0.15) is 0 Å². The summed E-state index contributed by atoms with van der Waals surface area (Å²) in [7, 11) is -1.49. The number of ether oxygens (including phenoxy) is 3. The zero-order valence-corrected chi connectivity index (χ0v) is 18.1. The molecule has 7 heteroatoms. The number of methoxy groups -OCH3 is 1. The molecule has 0 spiro atoms. The van der Waals surface area contributed by atoms with Crippen molar-refractivity contribution in [2.75, 3.05) is 31.8 Å². The normalized spacial score (nSPS) is 17.8. The van der Waals surface area contributed by atoms with Gasteiger partial charge in [0.2, 0.25) is 0 Å². The van der Waals surface area contributed by atoms with Crippen molar-refractivity contribution in [2.24, 2.45) is 5.92 Å². The van der Waals surface area contributed by atoms with E-state index in [1.54, 1.807) is 6.07 Å². The smallest absolute Gasteiger partial charge is 0.337 e. The number of aryl methyl sites for hydroxylation is 1. The van der Waals surface area contributed by atoms with Crippen molar-refractivity contribution < 1.29 is 27.4 Å². The maximum Gasteiger partial charge on any atom is 0.337 e. The second-order valence-corrected chi connectivity index (χ2v) is 10.3. The Hall–Kier alpha value is -2.54. The van der Waals surface area contributed by atoms with Crippen molar-refractivity contribution in [1.82, 2.24) is 0 Å². The van der Waals surface area contributed by atoms with Gasteiger partial charge in [0.05, 0.1) is 37.4 Å². The Labute approximate surface area is 177 Å². The first-order valence-corrected chi connectivity index (χ1v) is 12.0. The van der Waals surface area contributed by atoms with Crippen LogP contribution in [0.5, 0.6) is 11.5 Å². The third-order valence-corrected chi connectivity index (χ3v) is 7.57. The highest BCUT2D eigenvalue weighted by Crippen LogP contribution is 2.40. The van der Waals surface area contributed by atoms with Crippen LogP contribution in [0.4, 0.5) is 0 Å². The van der Waals surface area contributed by atoms with E-state index in [-0.39, 0.29) is 23.4 Å². The molecule has 2 aliphatic heterocycles. The van der Waals surface area contributed by atoms with Crippen molar-refractivity contribution in [1.29, 1.82) is 0 Å². The predicted molar refractivity (Wildman–Crippen MR) is 114 cm³/mol. The molecule has 30 heavy (non-hydrogen) atoms. The quantitative estimate of drug-likeness (QED) is 0.690. The molecule has 0 N–H and O–H groups in total. The van der Waals surface area contributed by atoms with E-state index in [9.17, 15) is 13.2 Å². The highest BCUT2D eigenvalue weighted by atomic mass is 32.2. The maximum absolute atomic E-state index is 12.0. The fourth-order valence-electron chi connectivity index (χ4n) is 4.18. The van der Waals surface area contributed by atoms with E-state index in [1.807, 2.05) is 31.2 Å². The number of carbonyl (C=O) groups is 1. The van der Waals surface area contributed by atoms with Crippen molar-refractivity contribution >= 4 is 15.8 Å². The second kappa shape index (κ2) is 8.30. The molecule has 2 heterocycles. The Morgan fingerprint density at radius 3 is 2.67 bits per heavy atom. The van der Waals surface area contributed by atoms with Crippen LogP contribution in [0.3, 0.4) is 0 Å². The van der Waals surface area contributed by atoms with Crippen LogP contribution in [-0.2, 0) is 21.0 Å². The molecule has 0 radical (unpaired) electrons. The zero-order valence-electron chi connectivity index (χ0n) is 17.3. The highest BCUT2D eigenvalue weighted by Gasteiger charge is 2.25. The number of fused-ring (bicyclic) bond motifs is 3. The minimum Gasteiger partial charge on any atom is -0.493 e. The van der Waals surface area contributed by atoms with Crippen molar-refractivity contribution in [2.45, 2.75) is 26.2 Å². The minimum atomic E-state index is -2.86. The molecule has 4 rings (SSSR count). The van der Waals surface area contributed by atoms with E-state index in [4.69, 9.17) is 14.2 Å². The van der Waals surface area contributed by atoms with Gasteiger partial charge in [0, 0.05) is 12.0 Å². The molecule has 1 fully saturated rings. The number of esters is 1. The summed E-state index contributed by atoms with van der Waals surface area (Å²) < 4.78 is 40.1. The Morgan fingerprint density at radius 1 is 1.17 bits per heavy atom. The van der Waals surface area contributed by atoms with Gasteiger partial charge in [-0.05, 0) is 72.7 Å². The van der Waals surface area contributed by atoms with Crippen LogP contribution in [-0.4, -0.2) is 46.2 Å². The van der Waals surface area contributed by atoms with E-state index in [0.717, 1.165) is 40.2 Å². The summed E-state index contributed by atoms with van der Waals surface area (Å²) in [6, 6.07) is 9.38. The van der Waals surface area contributed by atoms with E-state index in [1.165, 1.54) is 7.11 Å². The molecule has 0 amide bonds. The fraction of sp³-hybridized carbons (Fsp3) is 0.435. The molecule has 0 bridgehead atoms. The van der Waals surface area contributed by atoms with Crippen molar-refractivity contribution in [3.63, 3.8) is 0 Å². The number of sulfone groups is 1. The lowest BCUT2D eigenvalue weighted by Crippen LogP contribution is -2.26. The Morgan fingerprint density at radius 2 is 1.93 bits per heavy atom. The first kappa shape index (κ1) is 20.7. The molecular formula is C23H26O6S. The topological polar surface area (TPSA) is 78.9 Å². The van der Waals surface area contributed by atoms with Crippen molar-refractivity contribution in [3.8, 4) is 22.6 Å². The summed E-state index contributed by atoms with van der Waals surface area (Å²) in [5.41, 5.74) is 4.58. The van der Waals surface area contributed by atoms with Gasteiger partial charge in [-0.1, -0.05) is 0 Å². The first-order chi connectivity index (χ1) is 14.4. The molecule has 6 nitrogen and oxygen atoms in total. The van der Waals surface area contributed by atoms with E-state index < -0.39 is 9.84 Å². The van der Waals surface area contributed by atoms with Gasteiger partial charge >= 0.3 is 5.97 Å². The number of hydrogen-bond donors (Lipinski definition) is 0. The van der Waals surface area contributed by atoms with E-state index in [2.05, 4.69) is 0 Å². The van der Waals surface area contributed by atoms with Gasteiger partial charge < -0.3 is 14.2 Å². The van der Waals surface area contributed by atoms with Gasteiger partial charge in [-0.25, -0.2) is 13.2 Å². The van der Waals surface area contributed by atoms with Crippen LogP contribution < -0.4 is 9.47 Å². The van der Waals surface area contributed by atoms with Crippen LogP contribution in [0.2, 0.25) is 0 Å². The minimum absolute atomic E-state index is 0.251. The SMILES string of the molecule is COC(=O)c1ccc2c(c1)-c1c(C)cc(OCC3CCS(=O)(=O)CC3)cc1CCO2. The average molecular weight is 431 g/mol. The largest absolute Gasteiger partial charge is 0.493 e. The number of benzene rings is 2. The molecule has 0 aliphatic carbocycles. The van der Waals surface area contributed by atoms with Gasteiger partial charge in [-0.15, -0.1) is 0 Å². The molecule has 0 saturated carbocycles. The highest BCUT2D eigenvalue weighted by molar-refractivity contribution is 7.91. The lowest BCUT2D eigenvalue weighted by molar-refractivity contribution is 0.0600. The lowest BCUT2D eigenvalue weighted by atomic mass is 9.92. The van der Waals surface area contributed by atoms with Crippen LogP contribution in [0.1, 0.15) is 34.3 Å². The summed E-state index contributed by atoms with van der Waals surface area (Å²) in [5, 5.41) is 0. The van der Waals surface area contributed by atoms with Crippen LogP contribution in [0.25, 0.3) is 11.1 Å². The van der Waals surface area contributed by atoms with Crippen LogP contribution >= 0.6 is 0 Å². The van der Waals surface area contributed by atoms with Crippen LogP contribution in [0.15, 0.2) is 30.3 Å². The molecule has 1 saturated heterocycles. The molecule has 0 aromatic heterocycles. The lowest BCUT2D eigenvalue weighted by Gasteiger charge is -2.22. The molecule has 160 valence electrons. The molecule has 2 aliphatic rings. The second-order valence-electron chi connectivity index (χ2n) is 7.98. The summed E-state index contributed by atoms with van der Waals surface area (Å²) in [5.74, 6) is 1.92. The Bertz CT molecular complexity index is 1060. The van der Waals surface area contributed by atoms with Gasteiger partial charge in [-0.3, -0.25) is 0 Å². The third kappa shape index (κ3) is 4.31. The van der Waals surface area contributed by atoms with E-state index in [0.29, 0.717) is 31.6 Å². The number of carbonyl (C=O) groups excluding carboxylic acids is 1. The third-order valence-electron chi connectivity index (χ3n) is 5.85. The average Bonchev–Trinajstić information content (AvgIpc) is 2.91. The van der Waals surface area contributed by atoms with E-state index >= 15 is 0 Å². The van der Waals surface area contributed by atoms with Gasteiger partial charge in [0.25, 0.3) is 0 Å². The molecule has 2 aromatic rings. The zero-order chi connectivity index (χ0) is 21.3. The fourth-order valence-corrected chi connectivity index (χ4v) is 5.77. The molecule has 2 aromatic carbocycles. The number of hydrogen-bond acceptors (Lipinski definition) is 6.